The van der Waals surface area contributed by atoms with Crippen molar-refractivity contribution in [1.82, 2.24) is 10.3 Å². The van der Waals surface area contributed by atoms with Crippen molar-refractivity contribution in [2.24, 2.45) is 0 Å². The lowest BCUT2D eigenvalue weighted by Crippen LogP contribution is -2.38. The molecule has 112 valence electrons. The first-order valence-corrected chi connectivity index (χ1v) is 7.79. The number of nitrogens with zero attached hydrogens (tertiary/aromatic N) is 1. The number of benzene rings is 2. The third-order valence-electron chi connectivity index (χ3n) is 3.48. The summed E-state index contributed by atoms with van der Waals surface area (Å²) in [5.41, 5.74) is 0.459. The van der Waals surface area contributed by atoms with Gasteiger partial charge < -0.3 is 10.4 Å². The van der Waals surface area contributed by atoms with E-state index in [1.54, 1.807) is 6.92 Å². The van der Waals surface area contributed by atoms with Crippen LogP contribution in [0.5, 0.6) is 0 Å². The standard InChI is InChI=1S/C17H16N2O2S/c1-17(21,12-7-3-2-4-8-12)11-18-15(20)16-19-13-9-5-6-10-14(13)22-16/h2-10,21H,11H2,1H3,(H,18,20)/t17-/m0/s1. The van der Waals surface area contributed by atoms with Gasteiger partial charge >= 0.3 is 0 Å². The zero-order valence-corrected chi connectivity index (χ0v) is 12.9. The second-order valence-electron chi connectivity index (χ2n) is 5.31. The number of carbonyl (C=O) groups is 1. The number of fused-ring (bicyclic) bond motifs is 1. The van der Waals surface area contributed by atoms with Crippen LogP contribution in [0.15, 0.2) is 54.6 Å². The molecular weight excluding hydrogens is 296 g/mol. The summed E-state index contributed by atoms with van der Waals surface area (Å²) in [6.07, 6.45) is 0. The van der Waals surface area contributed by atoms with Gasteiger partial charge in [-0.3, -0.25) is 4.79 Å². The van der Waals surface area contributed by atoms with Crippen molar-refractivity contribution < 1.29 is 9.90 Å². The number of aromatic nitrogens is 1. The predicted molar refractivity (Wildman–Crippen MR) is 88.0 cm³/mol. The number of hydrogen-bond donors (Lipinski definition) is 2. The van der Waals surface area contributed by atoms with Crippen molar-refractivity contribution in [3.63, 3.8) is 0 Å². The van der Waals surface area contributed by atoms with Gasteiger partial charge in [0.25, 0.3) is 5.91 Å². The Morgan fingerprint density at radius 2 is 1.86 bits per heavy atom. The second-order valence-corrected chi connectivity index (χ2v) is 6.34. The summed E-state index contributed by atoms with van der Waals surface area (Å²) in [5, 5.41) is 13.7. The van der Waals surface area contributed by atoms with Crippen molar-refractivity contribution in [3.8, 4) is 0 Å². The minimum absolute atomic E-state index is 0.131. The van der Waals surface area contributed by atoms with E-state index in [9.17, 15) is 9.90 Å². The molecule has 4 nitrogen and oxygen atoms in total. The monoisotopic (exact) mass is 312 g/mol. The molecule has 0 aliphatic heterocycles. The molecule has 1 amide bonds. The fraction of sp³-hybridized carbons (Fsp3) is 0.176. The fourth-order valence-electron chi connectivity index (χ4n) is 2.20. The predicted octanol–water partition coefficient (Wildman–Crippen LogP) is 2.93. The Labute approximate surface area is 132 Å². The first-order chi connectivity index (χ1) is 10.6. The molecule has 5 heteroatoms. The van der Waals surface area contributed by atoms with Gasteiger partial charge in [-0.2, -0.15) is 0 Å². The van der Waals surface area contributed by atoms with Crippen LogP contribution in [0.1, 0.15) is 22.3 Å². The lowest BCUT2D eigenvalue weighted by Gasteiger charge is -2.23. The number of hydrogen-bond acceptors (Lipinski definition) is 4. The van der Waals surface area contributed by atoms with Crippen LogP contribution in [0.2, 0.25) is 0 Å². The van der Waals surface area contributed by atoms with Gasteiger partial charge in [-0.05, 0) is 24.6 Å². The second kappa shape index (κ2) is 5.87. The number of nitrogens with one attached hydrogen (secondary N) is 1. The molecule has 22 heavy (non-hydrogen) atoms. The molecule has 0 saturated carbocycles. The van der Waals surface area contributed by atoms with Crippen LogP contribution >= 0.6 is 11.3 Å². The molecule has 0 radical (unpaired) electrons. The first kappa shape index (κ1) is 14.7. The molecule has 3 aromatic rings. The third kappa shape index (κ3) is 3.00. The lowest BCUT2D eigenvalue weighted by molar-refractivity contribution is 0.0526. The highest BCUT2D eigenvalue weighted by Crippen LogP contribution is 2.22. The average Bonchev–Trinajstić information content (AvgIpc) is 2.98. The molecule has 1 atom stereocenters. The Bertz CT molecular complexity index is 764. The third-order valence-corrected chi connectivity index (χ3v) is 4.51. The molecule has 2 aromatic carbocycles. The normalized spacial score (nSPS) is 13.7. The molecule has 0 spiro atoms. The van der Waals surface area contributed by atoms with Gasteiger partial charge in [-0.15, -0.1) is 11.3 Å². The van der Waals surface area contributed by atoms with Gasteiger partial charge in [0, 0.05) is 0 Å². The summed E-state index contributed by atoms with van der Waals surface area (Å²) >= 11 is 1.35. The van der Waals surface area contributed by atoms with Gasteiger partial charge in [0.2, 0.25) is 0 Å². The average molecular weight is 312 g/mol. The van der Waals surface area contributed by atoms with Crippen molar-refractivity contribution in [2.75, 3.05) is 6.54 Å². The molecule has 0 unspecified atom stereocenters. The van der Waals surface area contributed by atoms with E-state index in [0.29, 0.717) is 5.01 Å². The Hall–Kier alpha value is -2.24. The molecule has 2 N–H and O–H groups in total. The van der Waals surface area contributed by atoms with E-state index in [0.717, 1.165) is 15.8 Å². The minimum Gasteiger partial charge on any atom is -0.384 e. The van der Waals surface area contributed by atoms with Gasteiger partial charge in [0.15, 0.2) is 5.01 Å². The number of para-hydroxylation sites is 1. The molecule has 0 saturated heterocycles. The first-order valence-electron chi connectivity index (χ1n) is 6.98. The molecule has 1 aromatic heterocycles. The summed E-state index contributed by atoms with van der Waals surface area (Å²) in [6.45, 7) is 1.81. The summed E-state index contributed by atoms with van der Waals surface area (Å²) < 4.78 is 0.975. The van der Waals surface area contributed by atoms with Gasteiger partial charge in [-0.25, -0.2) is 4.98 Å². The van der Waals surface area contributed by atoms with Crippen LogP contribution in [-0.4, -0.2) is 22.5 Å². The number of thiazole rings is 1. The van der Waals surface area contributed by atoms with E-state index in [4.69, 9.17) is 0 Å². The number of amides is 1. The van der Waals surface area contributed by atoms with E-state index in [-0.39, 0.29) is 12.5 Å². The van der Waals surface area contributed by atoms with Crippen LogP contribution in [0.25, 0.3) is 10.2 Å². The van der Waals surface area contributed by atoms with Crippen molar-refractivity contribution in [2.45, 2.75) is 12.5 Å². The molecule has 1 heterocycles. The SMILES string of the molecule is C[C@](O)(CNC(=O)c1nc2ccccc2s1)c1ccccc1. The largest absolute Gasteiger partial charge is 0.384 e. The van der Waals surface area contributed by atoms with Crippen LogP contribution in [0.3, 0.4) is 0 Å². The molecule has 0 aliphatic rings. The Morgan fingerprint density at radius 1 is 1.18 bits per heavy atom. The van der Waals surface area contributed by atoms with E-state index < -0.39 is 5.60 Å². The summed E-state index contributed by atoms with van der Waals surface area (Å²) in [5.74, 6) is -0.266. The highest BCUT2D eigenvalue weighted by Gasteiger charge is 2.24. The van der Waals surface area contributed by atoms with Crippen LogP contribution < -0.4 is 5.32 Å². The van der Waals surface area contributed by atoms with Crippen LogP contribution in [-0.2, 0) is 5.60 Å². The topological polar surface area (TPSA) is 62.2 Å². The van der Waals surface area contributed by atoms with Crippen molar-refractivity contribution in [3.05, 3.63) is 65.2 Å². The maximum Gasteiger partial charge on any atom is 0.280 e. The lowest BCUT2D eigenvalue weighted by atomic mass is 9.96. The van der Waals surface area contributed by atoms with Gasteiger partial charge in [0.05, 0.1) is 16.8 Å². The maximum atomic E-state index is 12.2. The molecule has 3 rings (SSSR count). The fourth-order valence-corrected chi connectivity index (χ4v) is 3.08. The van der Waals surface area contributed by atoms with E-state index in [1.807, 2.05) is 54.6 Å². The van der Waals surface area contributed by atoms with E-state index in [1.165, 1.54) is 11.3 Å². The quantitative estimate of drug-likeness (QED) is 0.778. The van der Waals surface area contributed by atoms with Crippen molar-refractivity contribution >= 4 is 27.5 Å². The zero-order chi connectivity index (χ0) is 15.6. The highest BCUT2D eigenvalue weighted by atomic mass is 32.1. The number of aliphatic hydroxyl groups is 1. The Balaban J connectivity index is 1.72. The maximum absolute atomic E-state index is 12.2. The van der Waals surface area contributed by atoms with Crippen molar-refractivity contribution in [1.29, 1.82) is 0 Å². The molecule has 0 bridgehead atoms. The minimum atomic E-state index is -1.12. The van der Waals surface area contributed by atoms with E-state index >= 15 is 0 Å². The highest BCUT2D eigenvalue weighted by molar-refractivity contribution is 7.20. The Kier molecular flexibility index (Phi) is 3.92. The van der Waals surface area contributed by atoms with Gasteiger partial charge in [0.1, 0.15) is 5.60 Å². The number of rotatable bonds is 4. The zero-order valence-electron chi connectivity index (χ0n) is 12.1. The Morgan fingerprint density at radius 3 is 2.59 bits per heavy atom. The smallest absolute Gasteiger partial charge is 0.280 e. The molecular formula is C17H16N2O2S. The summed E-state index contributed by atoms with van der Waals surface area (Å²) in [6, 6.07) is 16.9. The van der Waals surface area contributed by atoms with Crippen LogP contribution in [0.4, 0.5) is 0 Å². The van der Waals surface area contributed by atoms with E-state index in [2.05, 4.69) is 10.3 Å². The van der Waals surface area contributed by atoms with Gasteiger partial charge in [-0.1, -0.05) is 42.5 Å². The summed E-state index contributed by atoms with van der Waals surface area (Å²) in [7, 11) is 0. The molecule has 0 aliphatic carbocycles. The molecule has 0 fully saturated rings. The summed E-state index contributed by atoms with van der Waals surface area (Å²) in [4.78, 5) is 16.5. The number of carbonyl (C=O) groups excluding carboxylic acids is 1. The van der Waals surface area contributed by atoms with Crippen LogP contribution in [0, 0.1) is 0 Å².